The molecule has 0 saturated carbocycles. The summed E-state index contributed by atoms with van der Waals surface area (Å²) in [5, 5.41) is 2.74. The topological polar surface area (TPSA) is 9.86 Å². The molecule has 222 valence electrons. The number of allylic oxidation sites excluding steroid dienone is 4. The van der Waals surface area contributed by atoms with Crippen molar-refractivity contribution in [3.8, 4) is 11.1 Å². The Morgan fingerprint density at radius 3 is 2.30 bits per heavy atom. The van der Waals surface area contributed by atoms with Crippen LogP contribution in [0.15, 0.2) is 85.0 Å². The molecule has 0 fully saturated rings. The van der Waals surface area contributed by atoms with Crippen LogP contribution in [0, 0.1) is 0 Å². The quantitative estimate of drug-likeness (QED) is 0.188. The van der Waals surface area contributed by atoms with Gasteiger partial charge >= 0.3 is 0 Å². The van der Waals surface area contributed by atoms with E-state index in [1.165, 1.54) is 134 Å². The highest BCUT2D eigenvalue weighted by atomic mass is 15.0. The minimum Gasteiger partial charge on any atom is -0.341 e. The summed E-state index contributed by atoms with van der Waals surface area (Å²) in [5.74, 6) is 0.629. The predicted octanol–water partition coefficient (Wildman–Crippen LogP) is 11.1. The number of rotatable bonds is 4. The molecule has 3 aromatic carbocycles. The first-order valence-electron chi connectivity index (χ1n) is 17.6. The molecular formula is C42H44N2. The van der Waals surface area contributed by atoms with Crippen LogP contribution in [-0.4, -0.2) is 9.13 Å². The molecular weight excluding hydrogens is 532 g/mol. The molecule has 0 aliphatic heterocycles. The minimum absolute atomic E-state index is 0.598. The first-order valence-corrected chi connectivity index (χ1v) is 17.6. The zero-order valence-corrected chi connectivity index (χ0v) is 26.0. The Kier molecular flexibility index (Phi) is 6.64. The number of hydrogen-bond acceptors (Lipinski definition) is 0. The third-order valence-electron chi connectivity index (χ3n) is 11.4. The van der Waals surface area contributed by atoms with Gasteiger partial charge < -0.3 is 9.13 Å². The number of para-hydroxylation sites is 1. The number of benzene rings is 3. The van der Waals surface area contributed by atoms with Gasteiger partial charge in [-0.3, -0.25) is 0 Å². The van der Waals surface area contributed by atoms with Crippen molar-refractivity contribution >= 4 is 27.5 Å². The first kappa shape index (κ1) is 26.6. The van der Waals surface area contributed by atoms with Crippen molar-refractivity contribution in [2.24, 2.45) is 0 Å². The third kappa shape index (κ3) is 4.36. The molecule has 2 heterocycles. The van der Waals surface area contributed by atoms with Crippen LogP contribution in [0.25, 0.3) is 38.6 Å². The van der Waals surface area contributed by atoms with Gasteiger partial charge in [0.05, 0.1) is 17.1 Å². The number of fused-ring (bicyclic) bond motifs is 6. The Balaban J connectivity index is 1.03. The Labute approximate surface area is 262 Å². The van der Waals surface area contributed by atoms with E-state index in [9.17, 15) is 0 Å². The first-order chi connectivity index (χ1) is 21.8. The lowest BCUT2D eigenvalue weighted by Gasteiger charge is -2.28. The van der Waals surface area contributed by atoms with Gasteiger partial charge in [0.1, 0.15) is 0 Å². The molecule has 0 bridgehead atoms. The van der Waals surface area contributed by atoms with Crippen molar-refractivity contribution in [3.05, 3.63) is 113 Å². The van der Waals surface area contributed by atoms with E-state index < -0.39 is 0 Å². The van der Waals surface area contributed by atoms with E-state index in [0.29, 0.717) is 12.0 Å². The second-order valence-corrected chi connectivity index (χ2v) is 13.9. The number of hydrogen-bond donors (Lipinski definition) is 0. The SMILES string of the molecule is C1=CC(n2c3c(c4c2CCC(c2ccc(-c5ccc6c(c5)c5ccccc5n6C5=CCCCC5)cc2)C4)CCCC3)CCC1. The second kappa shape index (κ2) is 11.0. The Bertz CT molecular complexity index is 1920. The number of aromatic nitrogens is 2. The smallest absolute Gasteiger partial charge is 0.0538 e. The molecule has 5 aromatic rings. The standard InChI is InChI=1S/C42H44N2/c1-3-11-33(12-4-1)43-39-17-9-7-15-35(39)37-27-31(23-25-41(37)43)29-19-21-30(22-20-29)32-24-26-42-38(28-32)36-16-8-10-18-40(36)44(42)34-13-5-2-6-14-34/h3,8,10-11,13,16,18-22,24,26,28,31,33H,1-2,4-7,9,12,14-15,17,23,25,27H2. The normalized spacial score (nSPS) is 21.8. The third-order valence-corrected chi connectivity index (χ3v) is 11.4. The molecule has 0 radical (unpaired) electrons. The van der Waals surface area contributed by atoms with Crippen LogP contribution >= 0.6 is 0 Å². The molecule has 0 saturated heterocycles. The Morgan fingerprint density at radius 2 is 1.43 bits per heavy atom. The van der Waals surface area contributed by atoms with E-state index in [1.54, 1.807) is 22.5 Å². The molecule has 2 atom stereocenters. The molecule has 0 spiro atoms. The van der Waals surface area contributed by atoms with Crippen LogP contribution in [0.1, 0.15) is 104 Å². The molecule has 2 nitrogen and oxygen atoms in total. The van der Waals surface area contributed by atoms with E-state index in [0.717, 1.165) is 0 Å². The largest absolute Gasteiger partial charge is 0.341 e. The summed E-state index contributed by atoms with van der Waals surface area (Å²) in [7, 11) is 0. The van der Waals surface area contributed by atoms with Crippen molar-refractivity contribution in [2.75, 3.05) is 0 Å². The highest BCUT2D eigenvalue weighted by Gasteiger charge is 2.32. The van der Waals surface area contributed by atoms with Crippen LogP contribution in [0.4, 0.5) is 0 Å². The Hall–Kier alpha value is -3.78. The molecule has 2 aromatic heterocycles. The van der Waals surface area contributed by atoms with Gasteiger partial charge in [0.25, 0.3) is 0 Å². The minimum atomic E-state index is 0.598. The van der Waals surface area contributed by atoms with Gasteiger partial charge in [-0.25, -0.2) is 0 Å². The zero-order valence-electron chi connectivity index (χ0n) is 26.0. The lowest BCUT2D eigenvalue weighted by molar-refractivity contribution is 0.466. The summed E-state index contributed by atoms with van der Waals surface area (Å²) in [6.45, 7) is 0. The molecule has 2 heteroatoms. The highest BCUT2D eigenvalue weighted by molar-refractivity contribution is 6.11. The van der Waals surface area contributed by atoms with Gasteiger partial charge in [0, 0.05) is 27.9 Å². The van der Waals surface area contributed by atoms with Crippen molar-refractivity contribution in [2.45, 2.75) is 102 Å². The van der Waals surface area contributed by atoms with E-state index in [4.69, 9.17) is 0 Å². The van der Waals surface area contributed by atoms with Crippen molar-refractivity contribution in [3.63, 3.8) is 0 Å². The summed E-state index contributed by atoms with van der Waals surface area (Å²) >= 11 is 0. The lowest BCUT2D eigenvalue weighted by atomic mass is 9.80. The molecule has 0 amide bonds. The van der Waals surface area contributed by atoms with Gasteiger partial charge in [-0.15, -0.1) is 0 Å². The summed E-state index contributed by atoms with van der Waals surface area (Å²) in [6.07, 6.45) is 25.3. The van der Waals surface area contributed by atoms with E-state index in [2.05, 4.69) is 94.1 Å². The maximum Gasteiger partial charge on any atom is 0.0538 e. The Morgan fingerprint density at radius 1 is 0.614 bits per heavy atom. The highest BCUT2D eigenvalue weighted by Crippen LogP contribution is 2.43. The second-order valence-electron chi connectivity index (χ2n) is 13.9. The number of nitrogens with zero attached hydrogens (tertiary/aromatic N) is 2. The van der Waals surface area contributed by atoms with E-state index in [1.807, 2.05) is 0 Å². The fourth-order valence-electron chi connectivity index (χ4n) is 9.26. The fraction of sp³-hybridized carbons (Fsp3) is 0.381. The monoisotopic (exact) mass is 576 g/mol. The molecule has 4 aliphatic carbocycles. The zero-order chi connectivity index (χ0) is 29.0. The summed E-state index contributed by atoms with van der Waals surface area (Å²) in [6, 6.07) is 26.4. The molecule has 2 unspecified atom stereocenters. The maximum atomic E-state index is 2.83. The van der Waals surface area contributed by atoms with Gasteiger partial charge in [-0.05, 0) is 142 Å². The van der Waals surface area contributed by atoms with Crippen molar-refractivity contribution in [1.82, 2.24) is 9.13 Å². The van der Waals surface area contributed by atoms with Gasteiger partial charge in [0.15, 0.2) is 0 Å². The fourth-order valence-corrected chi connectivity index (χ4v) is 9.26. The van der Waals surface area contributed by atoms with E-state index >= 15 is 0 Å². The molecule has 0 N–H and O–H groups in total. The average molecular weight is 577 g/mol. The maximum absolute atomic E-state index is 2.83. The van der Waals surface area contributed by atoms with Crippen LogP contribution in [0.3, 0.4) is 0 Å². The van der Waals surface area contributed by atoms with Gasteiger partial charge in [0.2, 0.25) is 0 Å². The van der Waals surface area contributed by atoms with Crippen molar-refractivity contribution in [1.29, 1.82) is 0 Å². The molecule has 9 rings (SSSR count). The van der Waals surface area contributed by atoms with Gasteiger partial charge in [-0.1, -0.05) is 66.8 Å². The molecule has 44 heavy (non-hydrogen) atoms. The van der Waals surface area contributed by atoms with Crippen LogP contribution in [0.2, 0.25) is 0 Å². The van der Waals surface area contributed by atoms with E-state index in [-0.39, 0.29) is 0 Å². The van der Waals surface area contributed by atoms with Crippen LogP contribution in [0.5, 0.6) is 0 Å². The average Bonchev–Trinajstić information content (AvgIpc) is 3.61. The summed E-state index contributed by atoms with van der Waals surface area (Å²) in [5.41, 5.74) is 15.2. The summed E-state index contributed by atoms with van der Waals surface area (Å²) in [4.78, 5) is 0. The van der Waals surface area contributed by atoms with Gasteiger partial charge in [-0.2, -0.15) is 0 Å². The lowest BCUT2D eigenvalue weighted by Crippen LogP contribution is -2.19. The summed E-state index contributed by atoms with van der Waals surface area (Å²) < 4.78 is 5.36. The van der Waals surface area contributed by atoms with Crippen LogP contribution < -0.4 is 0 Å². The van der Waals surface area contributed by atoms with Crippen LogP contribution in [-0.2, 0) is 25.7 Å². The predicted molar refractivity (Wildman–Crippen MR) is 185 cm³/mol. The molecule has 4 aliphatic rings. The van der Waals surface area contributed by atoms with Crippen molar-refractivity contribution < 1.29 is 0 Å².